The Kier molecular flexibility index (Phi) is 5.52. The number of carbonyl (C=O) groups is 1. The maximum absolute atomic E-state index is 11.6. The first-order valence-electron chi connectivity index (χ1n) is 6.85. The van der Waals surface area contributed by atoms with E-state index in [2.05, 4.69) is 0 Å². The molecule has 0 aromatic heterocycles. The van der Waals surface area contributed by atoms with Gasteiger partial charge in [0, 0.05) is 13.1 Å². The Balaban J connectivity index is 1.67. The van der Waals surface area contributed by atoms with Crippen molar-refractivity contribution in [3.63, 3.8) is 0 Å². The molecule has 0 amide bonds. The molecule has 114 valence electrons. The molecule has 21 heavy (non-hydrogen) atoms. The van der Waals surface area contributed by atoms with Crippen LogP contribution in [-0.2, 0) is 19.4 Å². The quantitative estimate of drug-likeness (QED) is 0.759. The fourth-order valence-corrected chi connectivity index (χ4v) is 3.30. The lowest BCUT2D eigenvalue weighted by Crippen LogP contribution is -2.43. The van der Waals surface area contributed by atoms with Crippen LogP contribution in [-0.4, -0.2) is 57.0 Å². The lowest BCUT2D eigenvalue weighted by molar-refractivity contribution is -0.143. The second-order valence-electron chi connectivity index (χ2n) is 4.92. The number of ether oxygens (including phenoxy) is 1. The molecule has 1 aromatic rings. The van der Waals surface area contributed by atoms with Gasteiger partial charge in [0.2, 0.25) is 0 Å². The molecular formula is C15H19NO4S. The number of carbonyl (C=O) groups excluding carboxylic acids is 1. The summed E-state index contributed by atoms with van der Waals surface area (Å²) in [6.07, 6.45) is 3.68. The van der Waals surface area contributed by atoms with Crippen molar-refractivity contribution in [2.45, 2.75) is 0 Å². The van der Waals surface area contributed by atoms with Gasteiger partial charge in [-0.15, -0.1) is 0 Å². The highest BCUT2D eigenvalue weighted by Crippen LogP contribution is 2.04. The second kappa shape index (κ2) is 7.38. The Morgan fingerprint density at radius 1 is 1.19 bits per heavy atom. The van der Waals surface area contributed by atoms with Crippen LogP contribution < -0.4 is 0 Å². The van der Waals surface area contributed by atoms with Gasteiger partial charge in [-0.1, -0.05) is 36.4 Å². The van der Waals surface area contributed by atoms with Crippen molar-refractivity contribution in [1.82, 2.24) is 4.90 Å². The minimum atomic E-state index is -2.91. The standard InChI is InChI=1S/C15H19NO4S/c17-15(13-16-8-11-21(18,19)12-9-16)20-10-4-7-14-5-2-1-3-6-14/h1-7H,8-13H2/b7-4+. The van der Waals surface area contributed by atoms with Crippen molar-refractivity contribution in [1.29, 1.82) is 0 Å². The summed E-state index contributed by atoms with van der Waals surface area (Å²) in [6.45, 7) is 1.17. The molecule has 0 N–H and O–H groups in total. The van der Waals surface area contributed by atoms with Crippen molar-refractivity contribution in [2.75, 3.05) is 37.7 Å². The maximum Gasteiger partial charge on any atom is 0.320 e. The van der Waals surface area contributed by atoms with E-state index < -0.39 is 9.84 Å². The van der Waals surface area contributed by atoms with Crippen LogP contribution in [0.25, 0.3) is 6.08 Å². The molecule has 0 atom stereocenters. The Bertz CT molecular complexity index is 581. The van der Waals surface area contributed by atoms with Crippen molar-refractivity contribution in [3.8, 4) is 0 Å². The summed E-state index contributed by atoms with van der Waals surface area (Å²) in [5.41, 5.74) is 1.05. The summed E-state index contributed by atoms with van der Waals surface area (Å²) in [4.78, 5) is 13.4. The van der Waals surface area contributed by atoms with Crippen LogP contribution in [0.2, 0.25) is 0 Å². The minimum absolute atomic E-state index is 0.119. The van der Waals surface area contributed by atoms with Gasteiger partial charge in [0.25, 0.3) is 0 Å². The maximum atomic E-state index is 11.6. The van der Waals surface area contributed by atoms with Gasteiger partial charge in [0.1, 0.15) is 6.61 Å². The number of sulfone groups is 1. The van der Waals surface area contributed by atoms with Crippen LogP contribution in [0.4, 0.5) is 0 Å². The van der Waals surface area contributed by atoms with Gasteiger partial charge in [-0.3, -0.25) is 9.69 Å². The zero-order valence-electron chi connectivity index (χ0n) is 11.8. The van der Waals surface area contributed by atoms with E-state index >= 15 is 0 Å². The summed E-state index contributed by atoms with van der Waals surface area (Å²) in [6, 6.07) is 9.75. The summed E-state index contributed by atoms with van der Waals surface area (Å²) < 4.78 is 27.7. The minimum Gasteiger partial charge on any atom is -0.460 e. The highest BCUT2D eigenvalue weighted by atomic mass is 32.2. The average Bonchev–Trinajstić information content (AvgIpc) is 2.47. The molecule has 6 heteroatoms. The van der Waals surface area contributed by atoms with Crippen molar-refractivity contribution in [3.05, 3.63) is 42.0 Å². The lowest BCUT2D eigenvalue weighted by atomic mass is 10.2. The van der Waals surface area contributed by atoms with E-state index in [-0.39, 0.29) is 30.6 Å². The zero-order chi connectivity index (χ0) is 15.1. The number of esters is 1. The third-order valence-corrected chi connectivity index (χ3v) is 4.85. The van der Waals surface area contributed by atoms with Gasteiger partial charge >= 0.3 is 5.97 Å². The van der Waals surface area contributed by atoms with Gasteiger partial charge in [-0.05, 0) is 11.6 Å². The second-order valence-corrected chi connectivity index (χ2v) is 7.23. The van der Waals surface area contributed by atoms with Gasteiger partial charge in [0.05, 0.1) is 18.1 Å². The molecule has 1 fully saturated rings. The van der Waals surface area contributed by atoms with Crippen LogP contribution >= 0.6 is 0 Å². The number of nitrogens with zero attached hydrogens (tertiary/aromatic N) is 1. The topological polar surface area (TPSA) is 63.7 Å². The highest BCUT2D eigenvalue weighted by molar-refractivity contribution is 7.91. The van der Waals surface area contributed by atoms with E-state index in [9.17, 15) is 13.2 Å². The average molecular weight is 309 g/mol. The Labute approximate surface area is 125 Å². The molecular weight excluding hydrogens is 290 g/mol. The van der Waals surface area contributed by atoms with Crippen LogP contribution in [0.5, 0.6) is 0 Å². The highest BCUT2D eigenvalue weighted by Gasteiger charge is 2.23. The largest absolute Gasteiger partial charge is 0.460 e. The predicted molar refractivity (Wildman–Crippen MR) is 81.5 cm³/mol. The lowest BCUT2D eigenvalue weighted by Gasteiger charge is -2.25. The summed E-state index contributed by atoms with van der Waals surface area (Å²) in [7, 11) is -2.91. The number of hydrogen-bond acceptors (Lipinski definition) is 5. The van der Waals surface area contributed by atoms with Crippen molar-refractivity contribution < 1.29 is 17.9 Å². The Morgan fingerprint density at radius 3 is 2.52 bits per heavy atom. The van der Waals surface area contributed by atoms with E-state index in [4.69, 9.17) is 4.74 Å². The summed E-state index contributed by atoms with van der Waals surface area (Å²) in [5.74, 6) is -0.0884. The van der Waals surface area contributed by atoms with Gasteiger partial charge in [-0.25, -0.2) is 8.42 Å². The molecule has 1 saturated heterocycles. The molecule has 0 spiro atoms. The van der Waals surface area contributed by atoms with Gasteiger partial charge in [-0.2, -0.15) is 0 Å². The molecule has 1 aliphatic rings. The monoisotopic (exact) mass is 309 g/mol. The molecule has 1 aliphatic heterocycles. The third kappa shape index (κ3) is 5.69. The first kappa shape index (κ1) is 15.7. The van der Waals surface area contributed by atoms with Crippen LogP contribution in [0.15, 0.2) is 36.4 Å². The fourth-order valence-electron chi connectivity index (χ4n) is 2.03. The molecule has 2 rings (SSSR count). The molecule has 0 unspecified atom stereocenters. The first-order chi connectivity index (χ1) is 10.1. The summed E-state index contributed by atoms with van der Waals surface area (Å²) >= 11 is 0. The van der Waals surface area contributed by atoms with Crippen LogP contribution in [0.3, 0.4) is 0 Å². The van der Waals surface area contributed by atoms with Gasteiger partial charge in [0.15, 0.2) is 9.84 Å². The van der Waals surface area contributed by atoms with Crippen molar-refractivity contribution in [2.24, 2.45) is 0 Å². The van der Waals surface area contributed by atoms with Crippen LogP contribution in [0.1, 0.15) is 5.56 Å². The normalized spacial score (nSPS) is 18.7. The first-order valence-corrected chi connectivity index (χ1v) is 8.67. The SMILES string of the molecule is O=C(CN1CCS(=O)(=O)CC1)OC/C=C/c1ccccc1. The van der Waals surface area contributed by atoms with Crippen LogP contribution in [0, 0.1) is 0 Å². The van der Waals surface area contributed by atoms with E-state index in [0.29, 0.717) is 13.1 Å². The molecule has 0 bridgehead atoms. The zero-order valence-corrected chi connectivity index (χ0v) is 12.6. The number of rotatable bonds is 5. The van der Waals surface area contributed by atoms with E-state index in [1.165, 1.54) is 0 Å². The predicted octanol–water partition coefficient (Wildman–Crippen LogP) is 0.973. The molecule has 0 aliphatic carbocycles. The van der Waals surface area contributed by atoms with Crippen molar-refractivity contribution >= 4 is 21.9 Å². The molecule has 0 radical (unpaired) electrons. The molecule has 5 nitrogen and oxygen atoms in total. The smallest absolute Gasteiger partial charge is 0.320 e. The molecule has 0 saturated carbocycles. The Morgan fingerprint density at radius 2 is 1.86 bits per heavy atom. The van der Waals surface area contributed by atoms with E-state index in [0.717, 1.165) is 5.56 Å². The Hall–Kier alpha value is -1.66. The van der Waals surface area contributed by atoms with E-state index in [1.54, 1.807) is 6.08 Å². The number of hydrogen-bond donors (Lipinski definition) is 0. The summed E-state index contributed by atoms with van der Waals surface area (Å²) in [5, 5.41) is 0. The molecule has 1 aromatic carbocycles. The number of benzene rings is 1. The van der Waals surface area contributed by atoms with E-state index in [1.807, 2.05) is 41.3 Å². The van der Waals surface area contributed by atoms with Gasteiger partial charge < -0.3 is 4.74 Å². The fraction of sp³-hybridized carbons (Fsp3) is 0.400. The molecule has 1 heterocycles. The third-order valence-electron chi connectivity index (χ3n) is 3.24.